The molecule has 3 aromatic carbocycles. The second-order valence-corrected chi connectivity index (χ2v) is 7.65. The third kappa shape index (κ3) is 3.88. The molecule has 0 bridgehead atoms. The fourth-order valence-corrected chi connectivity index (χ4v) is 3.96. The summed E-state index contributed by atoms with van der Waals surface area (Å²) in [6, 6.07) is 21.5. The highest BCUT2D eigenvalue weighted by molar-refractivity contribution is 7.92. The van der Waals surface area contributed by atoms with Gasteiger partial charge in [-0.15, -0.1) is 0 Å². The van der Waals surface area contributed by atoms with Crippen molar-refractivity contribution in [2.45, 2.75) is 18.4 Å². The smallest absolute Gasteiger partial charge is 0.262 e. The number of halogens is 1. The van der Waals surface area contributed by atoms with E-state index in [4.69, 9.17) is 0 Å². The highest BCUT2D eigenvalue weighted by Crippen LogP contribution is 2.26. The number of hydrogen-bond donors (Lipinski definition) is 0. The van der Waals surface area contributed by atoms with E-state index in [1.807, 2.05) is 37.3 Å². The van der Waals surface area contributed by atoms with Gasteiger partial charge in [-0.2, -0.15) is 0 Å². The minimum absolute atomic E-state index is 0.0601. The largest absolute Gasteiger partial charge is 0.264 e. The van der Waals surface area contributed by atoms with Crippen LogP contribution in [0.15, 0.2) is 83.8 Å². The highest BCUT2D eigenvalue weighted by Gasteiger charge is 2.25. The Balaban J connectivity index is 2.04. The predicted molar refractivity (Wildman–Crippen MR) is 97.4 cm³/mol. The van der Waals surface area contributed by atoms with Crippen LogP contribution in [0.5, 0.6) is 0 Å². The molecule has 0 atom stereocenters. The molecule has 0 fully saturated rings. The van der Waals surface area contributed by atoms with Gasteiger partial charge in [0.25, 0.3) is 10.0 Å². The Morgan fingerprint density at radius 2 is 1.44 bits per heavy atom. The Morgan fingerprint density at radius 1 is 0.840 bits per heavy atom. The number of sulfonamides is 1. The second-order valence-electron chi connectivity index (χ2n) is 5.79. The summed E-state index contributed by atoms with van der Waals surface area (Å²) in [5, 5.41) is 0. The number of anilines is 1. The van der Waals surface area contributed by atoms with Crippen molar-refractivity contribution in [1.29, 1.82) is 0 Å². The Morgan fingerprint density at radius 3 is 2.04 bits per heavy atom. The van der Waals surface area contributed by atoms with E-state index >= 15 is 0 Å². The third-order valence-electron chi connectivity index (χ3n) is 3.89. The molecule has 0 saturated carbocycles. The molecule has 0 aliphatic heterocycles. The van der Waals surface area contributed by atoms with Gasteiger partial charge in [0.1, 0.15) is 5.82 Å². The summed E-state index contributed by atoms with van der Waals surface area (Å²) in [5.74, 6) is -0.469. The molecular weight excluding hydrogens is 337 g/mol. The lowest BCUT2D eigenvalue weighted by molar-refractivity contribution is 0.589. The molecule has 3 rings (SSSR count). The molecule has 0 unspecified atom stereocenters. The maximum atomic E-state index is 13.2. The van der Waals surface area contributed by atoms with Gasteiger partial charge in [0.15, 0.2) is 0 Å². The van der Waals surface area contributed by atoms with Gasteiger partial charge in [-0.1, -0.05) is 48.0 Å². The summed E-state index contributed by atoms with van der Waals surface area (Å²) in [6.45, 7) is 2.18. The second kappa shape index (κ2) is 7.07. The average Bonchev–Trinajstić information content (AvgIpc) is 2.62. The minimum Gasteiger partial charge on any atom is -0.262 e. The lowest BCUT2D eigenvalue weighted by atomic mass is 10.1. The summed E-state index contributed by atoms with van der Waals surface area (Å²) in [5.41, 5.74) is 2.55. The van der Waals surface area contributed by atoms with Gasteiger partial charge in [0, 0.05) is 0 Å². The molecule has 3 nitrogen and oxygen atoms in total. The molecule has 3 aromatic rings. The van der Waals surface area contributed by atoms with Crippen LogP contribution in [0.3, 0.4) is 0 Å². The maximum Gasteiger partial charge on any atom is 0.264 e. The third-order valence-corrected chi connectivity index (χ3v) is 5.68. The SMILES string of the molecule is Cc1ccc(CN(c2ccccc2)S(=O)(=O)c2ccc(F)cc2)cc1. The van der Waals surface area contributed by atoms with Crippen molar-refractivity contribution in [2.75, 3.05) is 4.31 Å². The number of aryl methyl sites for hydroxylation is 1. The van der Waals surface area contributed by atoms with Gasteiger partial charge in [-0.25, -0.2) is 12.8 Å². The number of rotatable bonds is 5. The molecule has 0 spiro atoms. The van der Waals surface area contributed by atoms with E-state index in [1.54, 1.807) is 24.3 Å². The fraction of sp³-hybridized carbons (Fsp3) is 0.100. The van der Waals surface area contributed by atoms with Gasteiger partial charge < -0.3 is 0 Å². The lowest BCUT2D eigenvalue weighted by Gasteiger charge is -2.24. The molecule has 0 aromatic heterocycles. The van der Waals surface area contributed by atoms with E-state index in [9.17, 15) is 12.8 Å². The van der Waals surface area contributed by atoms with Crippen molar-refractivity contribution >= 4 is 15.7 Å². The molecule has 0 saturated heterocycles. The molecule has 0 radical (unpaired) electrons. The molecule has 5 heteroatoms. The monoisotopic (exact) mass is 355 g/mol. The van der Waals surface area contributed by atoms with Crippen molar-refractivity contribution < 1.29 is 12.8 Å². The fourth-order valence-electron chi connectivity index (χ4n) is 2.50. The molecule has 0 aliphatic carbocycles. The van der Waals surface area contributed by atoms with Gasteiger partial charge in [-0.3, -0.25) is 4.31 Å². The summed E-state index contributed by atoms with van der Waals surface area (Å²) in [6.07, 6.45) is 0. The van der Waals surface area contributed by atoms with Crippen molar-refractivity contribution in [1.82, 2.24) is 0 Å². The summed E-state index contributed by atoms with van der Waals surface area (Å²) in [7, 11) is -3.81. The van der Waals surface area contributed by atoms with Gasteiger partial charge in [0.05, 0.1) is 17.1 Å². The maximum absolute atomic E-state index is 13.2. The first-order valence-corrected chi connectivity index (χ1v) is 9.30. The number of hydrogen-bond acceptors (Lipinski definition) is 2. The van der Waals surface area contributed by atoms with Crippen LogP contribution in [-0.4, -0.2) is 8.42 Å². The van der Waals surface area contributed by atoms with Gasteiger partial charge in [-0.05, 0) is 48.9 Å². The molecule has 25 heavy (non-hydrogen) atoms. The van der Waals surface area contributed by atoms with Crippen LogP contribution >= 0.6 is 0 Å². The Hall–Kier alpha value is -2.66. The van der Waals surface area contributed by atoms with E-state index in [-0.39, 0.29) is 11.4 Å². The first kappa shape index (κ1) is 17.2. The molecule has 0 heterocycles. The van der Waals surface area contributed by atoms with Crippen molar-refractivity contribution in [2.24, 2.45) is 0 Å². The highest BCUT2D eigenvalue weighted by atomic mass is 32.2. The van der Waals surface area contributed by atoms with Crippen molar-refractivity contribution in [3.05, 3.63) is 95.8 Å². The quantitative estimate of drug-likeness (QED) is 0.674. The van der Waals surface area contributed by atoms with E-state index in [1.165, 1.54) is 16.4 Å². The van der Waals surface area contributed by atoms with Crippen molar-refractivity contribution in [3.63, 3.8) is 0 Å². The number of nitrogens with zero attached hydrogens (tertiary/aromatic N) is 1. The zero-order valence-electron chi connectivity index (χ0n) is 13.8. The van der Waals surface area contributed by atoms with Gasteiger partial charge >= 0.3 is 0 Å². The topological polar surface area (TPSA) is 37.4 Å². The average molecular weight is 355 g/mol. The van der Waals surface area contributed by atoms with Crippen LogP contribution in [0.1, 0.15) is 11.1 Å². The van der Waals surface area contributed by atoms with E-state index in [0.29, 0.717) is 5.69 Å². The molecular formula is C20H18FNO2S. The zero-order chi connectivity index (χ0) is 17.9. The first-order valence-electron chi connectivity index (χ1n) is 7.86. The molecule has 0 amide bonds. The molecule has 0 N–H and O–H groups in total. The Bertz CT molecular complexity index is 937. The van der Waals surface area contributed by atoms with Crippen LogP contribution in [0.25, 0.3) is 0 Å². The molecule has 128 valence electrons. The first-order chi connectivity index (χ1) is 12.0. The Labute approximate surface area is 147 Å². The van der Waals surface area contributed by atoms with E-state index in [0.717, 1.165) is 23.3 Å². The predicted octanol–water partition coefficient (Wildman–Crippen LogP) is 4.53. The summed E-state index contributed by atoms with van der Waals surface area (Å²) in [4.78, 5) is 0.0601. The van der Waals surface area contributed by atoms with Crippen LogP contribution in [-0.2, 0) is 16.6 Å². The molecule has 0 aliphatic rings. The van der Waals surface area contributed by atoms with E-state index < -0.39 is 15.8 Å². The summed E-state index contributed by atoms with van der Waals surface area (Å²) >= 11 is 0. The van der Waals surface area contributed by atoms with E-state index in [2.05, 4.69) is 0 Å². The van der Waals surface area contributed by atoms with Crippen molar-refractivity contribution in [3.8, 4) is 0 Å². The number of para-hydroxylation sites is 1. The normalized spacial score (nSPS) is 11.3. The standard InChI is InChI=1S/C20H18FNO2S/c1-16-7-9-17(10-8-16)15-22(19-5-3-2-4-6-19)25(23,24)20-13-11-18(21)12-14-20/h2-14H,15H2,1H3. The summed E-state index contributed by atoms with van der Waals surface area (Å²) < 4.78 is 40.8. The van der Waals surface area contributed by atoms with Crippen LogP contribution in [0.2, 0.25) is 0 Å². The Kier molecular flexibility index (Phi) is 4.86. The van der Waals surface area contributed by atoms with Crippen LogP contribution < -0.4 is 4.31 Å². The van der Waals surface area contributed by atoms with Gasteiger partial charge in [0.2, 0.25) is 0 Å². The number of benzene rings is 3. The minimum atomic E-state index is -3.81. The van der Waals surface area contributed by atoms with Crippen LogP contribution in [0.4, 0.5) is 10.1 Å². The lowest BCUT2D eigenvalue weighted by Crippen LogP contribution is -2.30. The van der Waals surface area contributed by atoms with Crippen LogP contribution in [0, 0.1) is 12.7 Å². The zero-order valence-corrected chi connectivity index (χ0v) is 14.6.